The van der Waals surface area contributed by atoms with E-state index in [2.05, 4.69) is 25.7 Å². The predicted octanol–water partition coefficient (Wildman–Crippen LogP) is 6.15. The molecule has 0 aliphatic rings. The number of aromatic nitrogens is 4. The van der Waals surface area contributed by atoms with Crippen LogP contribution < -0.4 is 5.32 Å². The van der Waals surface area contributed by atoms with Gasteiger partial charge in [-0.3, -0.25) is 0 Å². The fraction of sp³-hybridized carbons (Fsp3) is 0.158. The van der Waals surface area contributed by atoms with E-state index in [1.807, 2.05) is 62.4 Å². The lowest BCUT2D eigenvalue weighted by atomic mass is 10.1. The minimum absolute atomic E-state index is 0.0489. The van der Waals surface area contributed by atoms with E-state index in [1.54, 1.807) is 0 Å². The smallest absolute Gasteiger partial charge is 0.247 e. The molecule has 1 N–H and O–H groups in total. The number of hydrogen-bond acceptors (Lipinski definition) is 8. The van der Waals surface area contributed by atoms with Crippen LogP contribution in [0.15, 0.2) is 57.3 Å². The molecule has 0 aliphatic carbocycles. The van der Waals surface area contributed by atoms with E-state index in [-0.39, 0.29) is 5.25 Å². The summed E-state index contributed by atoms with van der Waals surface area (Å²) in [5, 5.41) is 21.2. The van der Waals surface area contributed by atoms with Crippen molar-refractivity contribution in [3.63, 3.8) is 0 Å². The minimum atomic E-state index is -0.0489. The van der Waals surface area contributed by atoms with E-state index < -0.39 is 0 Å². The van der Waals surface area contributed by atoms with Crippen LogP contribution in [0.2, 0.25) is 5.02 Å². The molecule has 1 atom stereocenters. The van der Waals surface area contributed by atoms with Gasteiger partial charge in [0.15, 0.2) is 4.34 Å². The van der Waals surface area contributed by atoms with Crippen molar-refractivity contribution in [3.8, 4) is 11.5 Å². The van der Waals surface area contributed by atoms with Gasteiger partial charge in [-0.25, -0.2) is 0 Å². The standard InChI is InChI=1S/C19H16ClN5OS2/c1-11-6-5-7-13(10-11)17-23-22-16(26-17)12(2)27-19-25-24-18(28-19)21-15-9-4-3-8-14(15)20/h3-10,12H,1-2H3,(H,21,24). The summed E-state index contributed by atoms with van der Waals surface area (Å²) in [4.78, 5) is 0. The summed E-state index contributed by atoms with van der Waals surface area (Å²) in [7, 11) is 0. The Kier molecular flexibility index (Phi) is 5.61. The molecular formula is C19H16ClN5OS2. The molecule has 9 heteroatoms. The van der Waals surface area contributed by atoms with E-state index in [4.69, 9.17) is 16.0 Å². The summed E-state index contributed by atoms with van der Waals surface area (Å²) in [6, 6.07) is 15.5. The van der Waals surface area contributed by atoms with Crippen LogP contribution in [0, 0.1) is 6.92 Å². The summed E-state index contributed by atoms with van der Waals surface area (Å²) in [6.07, 6.45) is 0. The quantitative estimate of drug-likeness (QED) is 0.368. The van der Waals surface area contributed by atoms with Gasteiger partial charge in [-0.15, -0.1) is 20.4 Å². The Bertz CT molecular complexity index is 1100. The number of halogens is 1. The zero-order valence-corrected chi connectivity index (χ0v) is 17.5. The Hall–Kier alpha value is -2.42. The maximum Gasteiger partial charge on any atom is 0.247 e. The van der Waals surface area contributed by atoms with Crippen molar-refractivity contribution in [2.24, 2.45) is 0 Å². The van der Waals surface area contributed by atoms with Crippen LogP contribution in [0.4, 0.5) is 10.8 Å². The Balaban J connectivity index is 1.44. The van der Waals surface area contributed by atoms with Crippen LogP contribution in [0.3, 0.4) is 0 Å². The Morgan fingerprint density at radius 1 is 1.07 bits per heavy atom. The normalized spacial score (nSPS) is 12.1. The van der Waals surface area contributed by atoms with Gasteiger partial charge in [0.05, 0.1) is 16.0 Å². The van der Waals surface area contributed by atoms with Crippen LogP contribution in [-0.2, 0) is 0 Å². The van der Waals surface area contributed by atoms with Gasteiger partial charge in [-0.05, 0) is 38.1 Å². The zero-order chi connectivity index (χ0) is 19.5. The van der Waals surface area contributed by atoms with Crippen LogP contribution in [-0.4, -0.2) is 20.4 Å². The molecular weight excluding hydrogens is 414 g/mol. The first kappa shape index (κ1) is 18.9. The van der Waals surface area contributed by atoms with E-state index in [0.717, 1.165) is 21.2 Å². The van der Waals surface area contributed by atoms with Gasteiger partial charge in [-0.1, -0.05) is 64.5 Å². The van der Waals surface area contributed by atoms with Crippen molar-refractivity contribution < 1.29 is 4.42 Å². The molecule has 0 saturated heterocycles. The molecule has 0 fully saturated rings. The van der Waals surface area contributed by atoms with Crippen molar-refractivity contribution in [3.05, 3.63) is 65.0 Å². The molecule has 0 bridgehead atoms. The van der Waals surface area contributed by atoms with E-state index >= 15 is 0 Å². The topological polar surface area (TPSA) is 76.7 Å². The van der Waals surface area contributed by atoms with Gasteiger partial charge in [0.2, 0.25) is 16.9 Å². The number of thioether (sulfide) groups is 1. The summed E-state index contributed by atoms with van der Waals surface area (Å²) >= 11 is 9.13. The van der Waals surface area contributed by atoms with Gasteiger partial charge in [0.25, 0.3) is 0 Å². The van der Waals surface area contributed by atoms with Crippen LogP contribution in [0.25, 0.3) is 11.5 Å². The average molecular weight is 430 g/mol. The van der Waals surface area contributed by atoms with E-state index in [9.17, 15) is 0 Å². The number of aryl methyl sites for hydroxylation is 1. The SMILES string of the molecule is Cc1cccc(-c2nnc(C(C)Sc3nnc(Nc4ccccc4Cl)s3)o2)c1. The van der Waals surface area contributed by atoms with Gasteiger partial charge < -0.3 is 9.73 Å². The first-order chi connectivity index (χ1) is 13.6. The Morgan fingerprint density at radius 3 is 2.75 bits per heavy atom. The van der Waals surface area contributed by atoms with Crippen molar-refractivity contribution in [1.82, 2.24) is 20.4 Å². The summed E-state index contributed by atoms with van der Waals surface area (Å²) in [5.41, 5.74) is 2.86. The van der Waals surface area contributed by atoms with Crippen molar-refractivity contribution >= 4 is 45.5 Å². The third kappa shape index (κ3) is 4.35. The van der Waals surface area contributed by atoms with Crippen LogP contribution in [0.5, 0.6) is 0 Å². The minimum Gasteiger partial charge on any atom is -0.419 e. The molecule has 2 aromatic heterocycles. The highest BCUT2D eigenvalue weighted by atomic mass is 35.5. The molecule has 0 amide bonds. The van der Waals surface area contributed by atoms with Gasteiger partial charge in [0.1, 0.15) is 0 Å². The van der Waals surface area contributed by atoms with Gasteiger partial charge in [0, 0.05) is 5.56 Å². The molecule has 0 aliphatic heterocycles. The summed E-state index contributed by atoms with van der Waals surface area (Å²) < 4.78 is 6.66. The number of anilines is 2. The number of nitrogens with one attached hydrogen (secondary N) is 1. The van der Waals surface area contributed by atoms with Gasteiger partial charge >= 0.3 is 0 Å². The molecule has 2 heterocycles. The molecule has 142 valence electrons. The lowest BCUT2D eigenvalue weighted by Gasteiger charge is -2.03. The third-order valence-corrected chi connectivity index (χ3v) is 6.19. The lowest BCUT2D eigenvalue weighted by Crippen LogP contribution is -1.89. The molecule has 28 heavy (non-hydrogen) atoms. The van der Waals surface area contributed by atoms with Crippen LogP contribution >= 0.6 is 34.7 Å². The van der Waals surface area contributed by atoms with Crippen molar-refractivity contribution in [2.45, 2.75) is 23.4 Å². The molecule has 0 saturated carbocycles. The van der Waals surface area contributed by atoms with E-state index in [0.29, 0.717) is 21.9 Å². The molecule has 2 aromatic carbocycles. The molecule has 0 radical (unpaired) electrons. The summed E-state index contributed by atoms with van der Waals surface area (Å²) in [6.45, 7) is 4.03. The second kappa shape index (κ2) is 8.30. The number of rotatable bonds is 6. The van der Waals surface area contributed by atoms with Crippen LogP contribution in [0.1, 0.15) is 23.6 Å². The Morgan fingerprint density at radius 2 is 1.93 bits per heavy atom. The fourth-order valence-electron chi connectivity index (χ4n) is 2.48. The second-order valence-electron chi connectivity index (χ2n) is 6.05. The molecule has 4 aromatic rings. The maximum absolute atomic E-state index is 6.17. The molecule has 0 spiro atoms. The number of hydrogen-bond donors (Lipinski definition) is 1. The van der Waals surface area contributed by atoms with Gasteiger partial charge in [-0.2, -0.15) is 0 Å². The first-order valence-electron chi connectivity index (χ1n) is 8.50. The highest BCUT2D eigenvalue weighted by Crippen LogP contribution is 2.38. The fourth-order valence-corrected chi connectivity index (χ4v) is 4.60. The number of benzene rings is 2. The monoisotopic (exact) mass is 429 g/mol. The average Bonchev–Trinajstić information content (AvgIpc) is 3.33. The number of nitrogens with zero attached hydrogens (tertiary/aromatic N) is 4. The Labute approximate surface area is 175 Å². The highest BCUT2D eigenvalue weighted by Gasteiger charge is 2.19. The lowest BCUT2D eigenvalue weighted by molar-refractivity contribution is 0.509. The highest BCUT2D eigenvalue weighted by molar-refractivity contribution is 8.01. The van der Waals surface area contributed by atoms with E-state index in [1.165, 1.54) is 23.1 Å². The maximum atomic E-state index is 6.17. The molecule has 6 nitrogen and oxygen atoms in total. The number of para-hydroxylation sites is 1. The zero-order valence-electron chi connectivity index (χ0n) is 15.1. The third-order valence-electron chi connectivity index (χ3n) is 3.85. The van der Waals surface area contributed by atoms with Crippen molar-refractivity contribution in [1.29, 1.82) is 0 Å². The van der Waals surface area contributed by atoms with Crippen molar-refractivity contribution in [2.75, 3.05) is 5.32 Å². The second-order valence-corrected chi connectivity index (χ2v) is 9.03. The largest absolute Gasteiger partial charge is 0.419 e. The molecule has 4 rings (SSSR count). The molecule has 1 unspecified atom stereocenters. The predicted molar refractivity (Wildman–Crippen MR) is 113 cm³/mol. The summed E-state index contributed by atoms with van der Waals surface area (Å²) in [5.74, 6) is 1.07. The first-order valence-corrected chi connectivity index (χ1v) is 10.6.